The molecule has 0 saturated carbocycles. The Kier molecular flexibility index (Phi) is 6.55. The minimum atomic E-state index is -0.957. The minimum absolute atomic E-state index is 0.411. The number of guanidine groups is 1. The van der Waals surface area contributed by atoms with Crippen LogP contribution in [0, 0.1) is 0 Å². The van der Waals surface area contributed by atoms with Crippen molar-refractivity contribution in [3.63, 3.8) is 0 Å². The van der Waals surface area contributed by atoms with Gasteiger partial charge in [-0.2, -0.15) is 0 Å². The van der Waals surface area contributed by atoms with Gasteiger partial charge in [0.1, 0.15) is 0 Å². The van der Waals surface area contributed by atoms with E-state index in [1.807, 2.05) is 24.3 Å². The fraction of sp³-hybridized carbons (Fsp3) is 0.316. The van der Waals surface area contributed by atoms with Crippen LogP contribution in [0.2, 0.25) is 0 Å². The maximum absolute atomic E-state index is 11.4. The smallest absolute Gasteiger partial charge is 0.193 e. The summed E-state index contributed by atoms with van der Waals surface area (Å²) in [4.78, 5) is 5.24. The van der Waals surface area contributed by atoms with Crippen LogP contribution in [-0.4, -0.2) is 16.4 Å². The number of hydrogen-bond donors (Lipinski definition) is 2. The maximum atomic E-state index is 11.4. The van der Waals surface area contributed by atoms with E-state index >= 15 is 0 Å². The van der Waals surface area contributed by atoms with Crippen LogP contribution < -0.4 is 11.1 Å². The highest BCUT2D eigenvalue weighted by Crippen LogP contribution is 2.22. The van der Waals surface area contributed by atoms with E-state index in [1.165, 1.54) is 11.1 Å². The highest BCUT2D eigenvalue weighted by atomic mass is 32.2. The molecule has 0 aromatic heterocycles. The van der Waals surface area contributed by atoms with Gasteiger partial charge in [0, 0.05) is 27.6 Å². The number of nitrogens with zero attached hydrogens (tertiary/aromatic N) is 1. The second-order valence-electron chi connectivity index (χ2n) is 5.58. The number of aryl methyl sites for hydroxylation is 2. The Morgan fingerprint density at radius 2 is 1.67 bits per heavy atom. The van der Waals surface area contributed by atoms with Gasteiger partial charge in [0.2, 0.25) is 0 Å². The van der Waals surface area contributed by atoms with E-state index < -0.39 is 10.8 Å². The van der Waals surface area contributed by atoms with Gasteiger partial charge < -0.3 is 11.1 Å². The van der Waals surface area contributed by atoms with E-state index in [9.17, 15) is 4.21 Å². The minimum Gasteiger partial charge on any atom is -0.370 e. The van der Waals surface area contributed by atoms with Crippen molar-refractivity contribution in [1.29, 1.82) is 0 Å². The number of nitrogens with one attached hydrogen (secondary N) is 1. The van der Waals surface area contributed by atoms with Gasteiger partial charge in [-0.25, -0.2) is 4.99 Å². The second-order valence-corrected chi connectivity index (χ2v) is 6.96. The summed E-state index contributed by atoms with van der Waals surface area (Å²) in [5.41, 5.74) is 10.7. The molecule has 2 rings (SSSR count). The number of aliphatic imine (C=N–C) groups is 1. The van der Waals surface area contributed by atoms with Gasteiger partial charge in [0.15, 0.2) is 5.96 Å². The Balaban J connectivity index is 2.11. The van der Waals surface area contributed by atoms with Gasteiger partial charge in [0.05, 0.1) is 6.54 Å². The molecule has 0 amide bonds. The lowest BCUT2D eigenvalue weighted by Gasteiger charge is -2.14. The van der Waals surface area contributed by atoms with Crippen LogP contribution >= 0.6 is 0 Å². The summed E-state index contributed by atoms with van der Waals surface area (Å²) in [6.07, 6.45) is 3.56. The van der Waals surface area contributed by atoms with Crippen LogP contribution in [0.3, 0.4) is 0 Å². The summed E-state index contributed by atoms with van der Waals surface area (Å²) >= 11 is 0. The average molecular weight is 343 g/mol. The number of anilines is 1. The molecular weight excluding hydrogens is 318 g/mol. The normalized spacial score (nSPS) is 12.9. The fourth-order valence-electron chi connectivity index (χ4n) is 2.53. The van der Waals surface area contributed by atoms with Crippen LogP contribution in [0.5, 0.6) is 0 Å². The lowest BCUT2D eigenvalue weighted by Crippen LogP contribution is -2.24. The predicted octanol–water partition coefficient (Wildman–Crippen LogP) is 3.48. The van der Waals surface area contributed by atoms with Gasteiger partial charge in [-0.15, -0.1) is 0 Å². The van der Waals surface area contributed by atoms with E-state index in [2.05, 4.69) is 42.4 Å². The molecule has 0 fully saturated rings. The predicted molar refractivity (Wildman–Crippen MR) is 103 cm³/mol. The standard InChI is InChI=1S/C19H25N3OS/c1-4-15-7-6-8-16(5-2)18(15)22-19(20)21-13-14-9-11-17(12-10-14)24(3)23/h6-12H,4-5,13H2,1-3H3,(H3,20,21,22). The van der Waals surface area contributed by atoms with Crippen LogP contribution in [0.25, 0.3) is 0 Å². The van der Waals surface area contributed by atoms with E-state index in [4.69, 9.17) is 5.73 Å². The highest BCUT2D eigenvalue weighted by Gasteiger charge is 2.07. The molecule has 4 nitrogen and oxygen atoms in total. The van der Waals surface area contributed by atoms with Crippen molar-refractivity contribution in [2.45, 2.75) is 38.1 Å². The van der Waals surface area contributed by atoms with Gasteiger partial charge in [-0.3, -0.25) is 4.21 Å². The molecule has 0 bridgehead atoms. The van der Waals surface area contributed by atoms with Crippen molar-refractivity contribution in [1.82, 2.24) is 0 Å². The first-order valence-corrected chi connectivity index (χ1v) is 9.71. The molecule has 5 heteroatoms. The first kappa shape index (κ1) is 18.2. The summed E-state index contributed by atoms with van der Waals surface area (Å²) in [7, 11) is -0.957. The molecule has 0 aliphatic carbocycles. The zero-order valence-corrected chi connectivity index (χ0v) is 15.3. The molecule has 2 aromatic rings. The fourth-order valence-corrected chi connectivity index (χ4v) is 3.05. The third-order valence-corrected chi connectivity index (χ3v) is 4.88. The second kappa shape index (κ2) is 8.64. The monoisotopic (exact) mass is 343 g/mol. The van der Waals surface area contributed by atoms with E-state index in [-0.39, 0.29) is 0 Å². The van der Waals surface area contributed by atoms with Crippen molar-refractivity contribution >= 4 is 22.4 Å². The molecule has 1 unspecified atom stereocenters. The Morgan fingerprint density at radius 3 is 2.17 bits per heavy atom. The number of benzene rings is 2. The molecule has 0 radical (unpaired) electrons. The van der Waals surface area contributed by atoms with E-state index in [0.29, 0.717) is 12.5 Å². The Hall–Kier alpha value is -2.14. The lowest BCUT2D eigenvalue weighted by molar-refractivity contribution is 0.687. The molecule has 0 heterocycles. The Morgan fingerprint density at radius 1 is 1.08 bits per heavy atom. The van der Waals surface area contributed by atoms with Gasteiger partial charge in [0.25, 0.3) is 0 Å². The summed E-state index contributed by atoms with van der Waals surface area (Å²) in [6.45, 7) is 4.75. The van der Waals surface area contributed by atoms with Crippen molar-refractivity contribution in [2.75, 3.05) is 11.6 Å². The largest absolute Gasteiger partial charge is 0.370 e. The van der Waals surface area contributed by atoms with Crippen LogP contribution in [0.1, 0.15) is 30.5 Å². The number of nitrogens with two attached hydrogens (primary N) is 1. The molecule has 0 aliphatic heterocycles. The average Bonchev–Trinajstić information content (AvgIpc) is 2.60. The van der Waals surface area contributed by atoms with Crippen LogP contribution in [-0.2, 0) is 30.2 Å². The van der Waals surface area contributed by atoms with Crippen LogP contribution in [0.15, 0.2) is 52.4 Å². The van der Waals surface area contributed by atoms with Crippen LogP contribution in [0.4, 0.5) is 5.69 Å². The van der Waals surface area contributed by atoms with Crippen molar-refractivity contribution in [3.8, 4) is 0 Å². The van der Waals surface area contributed by atoms with Gasteiger partial charge >= 0.3 is 0 Å². The third kappa shape index (κ3) is 4.68. The third-order valence-electron chi connectivity index (χ3n) is 3.94. The van der Waals surface area contributed by atoms with Crippen molar-refractivity contribution < 1.29 is 4.21 Å². The molecule has 128 valence electrons. The summed E-state index contributed by atoms with van der Waals surface area (Å²) < 4.78 is 11.4. The summed E-state index contributed by atoms with van der Waals surface area (Å²) in [5, 5.41) is 3.26. The Bertz CT molecular complexity index is 717. The van der Waals surface area contributed by atoms with Gasteiger partial charge in [-0.05, 0) is 41.7 Å². The van der Waals surface area contributed by atoms with Crippen molar-refractivity contribution in [2.24, 2.45) is 10.7 Å². The topological polar surface area (TPSA) is 67.5 Å². The van der Waals surface area contributed by atoms with E-state index in [1.54, 1.807) is 6.26 Å². The molecule has 1 atom stereocenters. The molecule has 3 N–H and O–H groups in total. The number of rotatable bonds is 6. The molecule has 0 aliphatic rings. The number of para-hydroxylation sites is 1. The maximum Gasteiger partial charge on any atom is 0.193 e. The zero-order valence-electron chi connectivity index (χ0n) is 14.5. The quantitative estimate of drug-likeness (QED) is 0.623. The summed E-state index contributed by atoms with van der Waals surface area (Å²) in [5.74, 6) is 0.411. The Labute approximate surface area is 146 Å². The SMILES string of the molecule is CCc1cccc(CC)c1NC(N)=NCc1ccc(S(C)=O)cc1. The molecule has 0 saturated heterocycles. The lowest BCUT2D eigenvalue weighted by atomic mass is 10.0. The van der Waals surface area contributed by atoms with Gasteiger partial charge in [-0.1, -0.05) is 44.2 Å². The summed E-state index contributed by atoms with van der Waals surface area (Å²) in [6, 6.07) is 13.9. The van der Waals surface area contributed by atoms with E-state index in [0.717, 1.165) is 29.0 Å². The molecule has 2 aromatic carbocycles. The zero-order chi connectivity index (χ0) is 17.5. The molecule has 0 spiro atoms. The number of hydrogen-bond acceptors (Lipinski definition) is 2. The van der Waals surface area contributed by atoms with Crippen molar-refractivity contribution in [3.05, 3.63) is 59.2 Å². The first-order valence-electron chi connectivity index (χ1n) is 8.15. The first-order chi connectivity index (χ1) is 11.5. The molecular formula is C19H25N3OS. The highest BCUT2D eigenvalue weighted by molar-refractivity contribution is 7.84. The molecule has 24 heavy (non-hydrogen) atoms.